The molecular formula is C8H16O2. The summed E-state index contributed by atoms with van der Waals surface area (Å²) in [4.78, 5) is 0. The molecule has 0 aromatic rings. The third-order valence-corrected chi connectivity index (χ3v) is 1.30. The molecule has 60 valence electrons. The van der Waals surface area contributed by atoms with Crippen molar-refractivity contribution in [2.45, 2.75) is 13.3 Å². The Morgan fingerprint density at radius 2 is 2.40 bits per heavy atom. The molecule has 0 aromatic heterocycles. The fourth-order valence-corrected chi connectivity index (χ4v) is 0.542. The summed E-state index contributed by atoms with van der Waals surface area (Å²) in [7, 11) is 0. The van der Waals surface area contributed by atoms with Gasteiger partial charge in [0.05, 0.1) is 6.61 Å². The van der Waals surface area contributed by atoms with Crippen LogP contribution in [0.15, 0.2) is 12.7 Å². The van der Waals surface area contributed by atoms with Crippen molar-refractivity contribution >= 4 is 0 Å². The zero-order chi connectivity index (χ0) is 7.82. The standard InChI is InChI=1S/C8H16O2/c1-3-5-10-6-4-8(2)7-9/h3,8-9H,1,4-7H2,2H3. The average molecular weight is 144 g/mol. The van der Waals surface area contributed by atoms with Gasteiger partial charge in [-0.1, -0.05) is 13.0 Å². The van der Waals surface area contributed by atoms with E-state index in [1.807, 2.05) is 6.92 Å². The highest BCUT2D eigenvalue weighted by atomic mass is 16.5. The molecule has 0 aromatic carbocycles. The molecule has 0 spiro atoms. The van der Waals surface area contributed by atoms with Crippen molar-refractivity contribution in [2.24, 2.45) is 5.92 Å². The molecule has 1 N–H and O–H groups in total. The van der Waals surface area contributed by atoms with Crippen molar-refractivity contribution in [3.05, 3.63) is 12.7 Å². The molecule has 0 aliphatic carbocycles. The fraction of sp³-hybridized carbons (Fsp3) is 0.750. The first-order valence-corrected chi connectivity index (χ1v) is 3.60. The smallest absolute Gasteiger partial charge is 0.0644 e. The lowest BCUT2D eigenvalue weighted by molar-refractivity contribution is 0.131. The zero-order valence-electron chi connectivity index (χ0n) is 6.55. The summed E-state index contributed by atoms with van der Waals surface area (Å²) in [5.74, 6) is 0.352. The number of rotatable bonds is 6. The zero-order valence-corrected chi connectivity index (χ0v) is 6.55. The van der Waals surface area contributed by atoms with Gasteiger partial charge in [0.1, 0.15) is 0 Å². The van der Waals surface area contributed by atoms with E-state index in [0.717, 1.165) is 6.42 Å². The van der Waals surface area contributed by atoms with Gasteiger partial charge in [-0.25, -0.2) is 0 Å². The Morgan fingerprint density at radius 1 is 1.70 bits per heavy atom. The van der Waals surface area contributed by atoms with Crippen LogP contribution in [0.4, 0.5) is 0 Å². The third-order valence-electron chi connectivity index (χ3n) is 1.30. The van der Waals surface area contributed by atoms with Gasteiger partial charge in [-0.2, -0.15) is 0 Å². The molecule has 0 saturated carbocycles. The van der Waals surface area contributed by atoms with Gasteiger partial charge in [-0.15, -0.1) is 6.58 Å². The van der Waals surface area contributed by atoms with Crippen molar-refractivity contribution in [3.63, 3.8) is 0 Å². The van der Waals surface area contributed by atoms with Gasteiger partial charge in [-0.3, -0.25) is 0 Å². The van der Waals surface area contributed by atoms with Crippen molar-refractivity contribution in [3.8, 4) is 0 Å². The molecule has 2 nitrogen and oxygen atoms in total. The molecule has 0 saturated heterocycles. The lowest BCUT2D eigenvalue weighted by Gasteiger charge is -2.06. The maximum atomic E-state index is 8.62. The van der Waals surface area contributed by atoms with E-state index in [-0.39, 0.29) is 6.61 Å². The second-order valence-electron chi connectivity index (χ2n) is 2.44. The first-order chi connectivity index (χ1) is 4.81. The molecule has 1 atom stereocenters. The van der Waals surface area contributed by atoms with E-state index >= 15 is 0 Å². The number of aliphatic hydroxyl groups is 1. The highest BCUT2D eigenvalue weighted by Gasteiger charge is 1.97. The molecule has 0 rings (SSSR count). The van der Waals surface area contributed by atoms with Crippen LogP contribution in [0.25, 0.3) is 0 Å². The van der Waals surface area contributed by atoms with Gasteiger partial charge in [0.25, 0.3) is 0 Å². The van der Waals surface area contributed by atoms with Crippen LogP contribution in [-0.4, -0.2) is 24.9 Å². The Balaban J connectivity index is 2.95. The second kappa shape index (κ2) is 6.78. The lowest BCUT2D eigenvalue weighted by Crippen LogP contribution is -2.05. The SMILES string of the molecule is C=CCOCCC(C)CO. The largest absolute Gasteiger partial charge is 0.396 e. The Morgan fingerprint density at radius 3 is 2.90 bits per heavy atom. The van der Waals surface area contributed by atoms with E-state index in [2.05, 4.69) is 6.58 Å². The molecular weight excluding hydrogens is 128 g/mol. The molecule has 0 bridgehead atoms. The molecule has 0 aliphatic heterocycles. The highest BCUT2D eigenvalue weighted by molar-refractivity contribution is 4.63. The normalized spacial score (nSPS) is 13.0. The summed E-state index contributed by atoms with van der Waals surface area (Å²) in [5.41, 5.74) is 0. The van der Waals surface area contributed by atoms with Crippen molar-refractivity contribution in [1.82, 2.24) is 0 Å². The van der Waals surface area contributed by atoms with Gasteiger partial charge in [0.2, 0.25) is 0 Å². The summed E-state index contributed by atoms with van der Waals surface area (Å²) < 4.78 is 5.13. The van der Waals surface area contributed by atoms with Crippen LogP contribution in [0.1, 0.15) is 13.3 Å². The summed E-state index contributed by atoms with van der Waals surface area (Å²) in [6, 6.07) is 0. The molecule has 0 radical (unpaired) electrons. The number of hydrogen-bond acceptors (Lipinski definition) is 2. The first-order valence-electron chi connectivity index (χ1n) is 3.60. The van der Waals surface area contributed by atoms with Gasteiger partial charge in [0, 0.05) is 13.2 Å². The molecule has 0 fully saturated rings. The monoisotopic (exact) mass is 144 g/mol. The van der Waals surface area contributed by atoms with Crippen LogP contribution < -0.4 is 0 Å². The summed E-state index contributed by atoms with van der Waals surface area (Å²) in [5, 5.41) is 8.62. The number of ether oxygens (including phenoxy) is 1. The Labute approximate surface area is 62.5 Å². The first kappa shape index (κ1) is 9.66. The van der Waals surface area contributed by atoms with E-state index in [9.17, 15) is 0 Å². The summed E-state index contributed by atoms with van der Waals surface area (Å²) in [6.07, 6.45) is 2.65. The molecule has 0 heterocycles. The minimum Gasteiger partial charge on any atom is -0.396 e. The van der Waals surface area contributed by atoms with Gasteiger partial charge < -0.3 is 9.84 Å². The van der Waals surface area contributed by atoms with E-state index < -0.39 is 0 Å². The Kier molecular flexibility index (Phi) is 6.55. The number of aliphatic hydroxyl groups excluding tert-OH is 1. The van der Waals surface area contributed by atoms with E-state index in [4.69, 9.17) is 9.84 Å². The Hall–Kier alpha value is -0.340. The quantitative estimate of drug-likeness (QED) is 0.448. The van der Waals surface area contributed by atoms with Crippen molar-refractivity contribution < 1.29 is 9.84 Å². The summed E-state index contributed by atoms with van der Waals surface area (Å²) >= 11 is 0. The van der Waals surface area contributed by atoms with E-state index in [0.29, 0.717) is 19.1 Å². The van der Waals surface area contributed by atoms with Gasteiger partial charge in [0.15, 0.2) is 0 Å². The van der Waals surface area contributed by atoms with Crippen LogP contribution in [-0.2, 0) is 4.74 Å². The minimum atomic E-state index is 0.247. The van der Waals surface area contributed by atoms with Crippen LogP contribution in [0, 0.1) is 5.92 Å². The molecule has 1 unspecified atom stereocenters. The Bertz CT molecular complexity index is 81.3. The topological polar surface area (TPSA) is 29.5 Å². The van der Waals surface area contributed by atoms with E-state index in [1.54, 1.807) is 6.08 Å². The van der Waals surface area contributed by atoms with Crippen LogP contribution in [0.3, 0.4) is 0 Å². The summed E-state index contributed by atoms with van der Waals surface area (Å²) in [6.45, 7) is 7.09. The highest BCUT2D eigenvalue weighted by Crippen LogP contribution is 1.99. The number of hydrogen-bond donors (Lipinski definition) is 1. The molecule has 2 heteroatoms. The van der Waals surface area contributed by atoms with Gasteiger partial charge in [-0.05, 0) is 12.3 Å². The third kappa shape index (κ3) is 5.79. The van der Waals surface area contributed by atoms with Crippen LogP contribution in [0.2, 0.25) is 0 Å². The maximum Gasteiger partial charge on any atom is 0.0644 e. The fourth-order valence-electron chi connectivity index (χ4n) is 0.542. The molecule has 10 heavy (non-hydrogen) atoms. The molecule has 0 amide bonds. The van der Waals surface area contributed by atoms with Crippen molar-refractivity contribution in [2.75, 3.05) is 19.8 Å². The molecule has 0 aliphatic rings. The average Bonchev–Trinajstić information content (AvgIpc) is 1.98. The van der Waals surface area contributed by atoms with Crippen LogP contribution in [0.5, 0.6) is 0 Å². The minimum absolute atomic E-state index is 0.247. The predicted molar refractivity (Wildman–Crippen MR) is 41.9 cm³/mol. The van der Waals surface area contributed by atoms with Crippen molar-refractivity contribution in [1.29, 1.82) is 0 Å². The maximum absolute atomic E-state index is 8.62. The second-order valence-corrected chi connectivity index (χ2v) is 2.44. The predicted octanol–water partition coefficient (Wildman–Crippen LogP) is 1.21. The van der Waals surface area contributed by atoms with Crippen LogP contribution >= 0.6 is 0 Å². The van der Waals surface area contributed by atoms with Gasteiger partial charge >= 0.3 is 0 Å². The van der Waals surface area contributed by atoms with E-state index in [1.165, 1.54) is 0 Å². The lowest BCUT2D eigenvalue weighted by atomic mass is 10.1.